The van der Waals surface area contributed by atoms with Gasteiger partial charge in [0.25, 0.3) is 0 Å². The van der Waals surface area contributed by atoms with Crippen molar-refractivity contribution in [2.24, 2.45) is 0 Å². The summed E-state index contributed by atoms with van der Waals surface area (Å²) in [6, 6.07) is 7.71. The van der Waals surface area contributed by atoms with E-state index in [4.69, 9.17) is 16.7 Å². The predicted octanol–water partition coefficient (Wildman–Crippen LogP) is 3.05. The van der Waals surface area contributed by atoms with Crippen molar-refractivity contribution >= 4 is 33.0 Å². The summed E-state index contributed by atoms with van der Waals surface area (Å²) in [5.41, 5.74) is 0. The van der Waals surface area contributed by atoms with E-state index in [1.807, 2.05) is 24.3 Å². The maximum Gasteiger partial charge on any atom is 0.0774 e. The lowest BCUT2D eigenvalue weighted by Gasteiger charge is -1.88. The fourth-order valence-electron chi connectivity index (χ4n) is 1.15. The molecule has 0 saturated heterocycles. The molecule has 0 radical (unpaired) electrons. The summed E-state index contributed by atoms with van der Waals surface area (Å²) in [5.74, 6) is 0. The van der Waals surface area contributed by atoms with Crippen LogP contribution in [-0.4, -0.2) is 5.11 Å². The summed E-state index contributed by atoms with van der Waals surface area (Å²) in [7, 11) is 0. The molecule has 1 aromatic heterocycles. The molecule has 0 aliphatic heterocycles. The number of thiophene rings is 1. The number of benzene rings is 1. The summed E-state index contributed by atoms with van der Waals surface area (Å²) < 4.78 is 1.17. The number of fused-ring (bicyclic) bond motifs is 1. The Morgan fingerprint density at radius 1 is 1.33 bits per heavy atom. The second-order valence-corrected chi connectivity index (χ2v) is 4.16. The average molecular weight is 199 g/mol. The van der Waals surface area contributed by atoms with Crippen LogP contribution in [-0.2, 0) is 6.61 Å². The van der Waals surface area contributed by atoms with Crippen molar-refractivity contribution in [2.45, 2.75) is 6.61 Å². The van der Waals surface area contributed by atoms with E-state index in [9.17, 15) is 0 Å². The van der Waals surface area contributed by atoms with Gasteiger partial charge in [-0.05, 0) is 29.7 Å². The molecule has 0 atom stereocenters. The first-order valence-corrected chi connectivity index (χ1v) is 4.78. The van der Waals surface area contributed by atoms with Crippen LogP contribution in [0.3, 0.4) is 0 Å². The van der Waals surface area contributed by atoms with Gasteiger partial charge in [-0.25, -0.2) is 0 Å². The van der Waals surface area contributed by atoms with Crippen molar-refractivity contribution in [1.29, 1.82) is 0 Å². The van der Waals surface area contributed by atoms with Gasteiger partial charge in [0.1, 0.15) is 0 Å². The Morgan fingerprint density at radius 2 is 2.17 bits per heavy atom. The van der Waals surface area contributed by atoms with Gasteiger partial charge in [0.15, 0.2) is 0 Å². The predicted molar refractivity (Wildman–Crippen MR) is 52.8 cm³/mol. The van der Waals surface area contributed by atoms with Gasteiger partial charge in [-0.2, -0.15) is 0 Å². The largest absolute Gasteiger partial charge is 0.391 e. The van der Waals surface area contributed by atoms with Gasteiger partial charge in [0.05, 0.1) is 6.61 Å². The lowest BCUT2D eigenvalue weighted by Crippen LogP contribution is -1.70. The summed E-state index contributed by atoms with van der Waals surface area (Å²) in [6.07, 6.45) is 0. The molecule has 0 aliphatic rings. The van der Waals surface area contributed by atoms with Gasteiger partial charge < -0.3 is 5.11 Å². The van der Waals surface area contributed by atoms with E-state index in [2.05, 4.69) is 0 Å². The Kier molecular flexibility index (Phi) is 2.05. The van der Waals surface area contributed by atoms with Crippen LogP contribution in [0.25, 0.3) is 10.1 Å². The van der Waals surface area contributed by atoms with E-state index >= 15 is 0 Å². The third-order valence-corrected chi connectivity index (χ3v) is 3.02. The van der Waals surface area contributed by atoms with Gasteiger partial charge in [0.2, 0.25) is 0 Å². The average Bonchev–Trinajstić information content (AvgIpc) is 2.46. The summed E-state index contributed by atoms with van der Waals surface area (Å²) in [6.45, 7) is 0.108. The fourth-order valence-corrected chi connectivity index (χ4v) is 2.23. The number of hydrogen-bond donors (Lipinski definition) is 1. The van der Waals surface area contributed by atoms with Crippen LogP contribution in [0.5, 0.6) is 0 Å². The van der Waals surface area contributed by atoms with Gasteiger partial charge >= 0.3 is 0 Å². The van der Waals surface area contributed by atoms with Crippen molar-refractivity contribution in [2.75, 3.05) is 0 Å². The van der Waals surface area contributed by atoms with Crippen molar-refractivity contribution in [1.82, 2.24) is 0 Å². The van der Waals surface area contributed by atoms with Crippen molar-refractivity contribution in [3.8, 4) is 0 Å². The molecule has 0 saturated carbocycles. The minimum absolute atomic E-state index is 0.108. The Hall–Kier alpha value is -0.570. The quantitative estimate of drug-likeness (QED) is 0.747. The Morgan fingerprint density at radius 3 is 2.92 bits per heavy atom. The topological polar surface area (TPSA) is 20.2 Å². The van der Waals surface area contributed by atoms with E-state index in [-0.39, 0.29) is 6.61 Å². The van der Waals surface area contributed by atoms with Crippen LogP contribution in [0.1, 0.15) is 4.88 Å². The molecule has 0 bridgehead atoms. The van der Waals surface area contributed by atoms with Crippen molar-refractivity contribution < 1.29 is 5.11 Å². The smallest absolute Gasteiger partial charge is 0.0774 e. The van der Waals surface area contributed by atoms with Crippen molar-refractivity contribution in [3.05, 3.63) is 34.2 Å². The first-order valence-electron chi connectivity index (χ1n) is 3.58. The molecule has 62 valence electrons. The number of halogens is 1. The minimum Gasteiger partial charge on any atom is -0.391 e. The molecule has 12 heavy (non-hydrogen) atoms. The van der Waals surface area contributed by atoms with E-state index in [0.717, 1.165) is 15.3 Å². The second-order valence-electron chi connectivity index (χ2n) is 2.55. The van der Waals surface area contributed by atoms with Crippen LogP contribution < -0.4 is 0 Å². The van der Waals surface area contributed by atoms with Gasteiger partial charge in [-0.15, -0.1) is 11.3 Å². The zero-order valence-corrected chi connectivity index (χ0v) is 7.82. The molecule has 3 heteroatoms. The molecule has 0 fully saturated rings. The molecule has 1 nitrogen and oxygen atoms in total. The van der Waals surface area contributed by atoms with Crippen LogP contribution in [0.15, 0.2) is 24.3 Å². The van der Waals surface area contributed by atoms with E-state index < -0.39 is 0 Å². The summed E-state index contributed by atoms with van der Waals surface area (Å²) in [5, 5.41) is 10.7. The van der Waals surface area contributed by atoms with Crippen LogP contribution in [0, 0.1) is 0 Å². The number of aliphatic hydroxyl groups is 1. The third-order valence-electron chi connectivity index (χ3n) is 1.69. The Labute approximate surface area is 79.2 Å². The number of aliphatic hydroxyl groups excluding tert-OH is 1. The van der Waals surface area contributed by atoms with Crippen LogP contribution in [0.4, 0.5) is 0 Å². The van der Waals surface area contributed by atoms with E-state index in [1.54, 1.807) is 11.3 Å². The van der Waals surface area contributed by atoms with E-state index in [1.165, 1.54) is 4.70 Å². The highest BCUT2D eigenvalue weighted by Crippen LogP contribution is 2.27. The first-order chi connectivity index (χ1) is 5.79. The standard InChI is InChI=1S/C9H7ClOS/c10-7-1-2-9-6(3-7)4-8(5-11)12-9/h1-4,11H,5H2. The molecule has 1 N–H and O–H groups in total. The molecular weight excluding hydrogens is 192 g/mol. The highest BCUT2D eigenvalue weighted by molar-refractivity contribution is 7.19. The molecular formula is C9H7ClOS. The molecule has 2 aromatic rings. The summed E-state index contributed by atoms with van der Waals surface area (Å²) >= 11 is 7.41. The monoisotopic (exact) mass is 198 g/mol. The normalized spacial score (nSPS) is 10.8. The van der Waals surface area contributed by atoms with Crippen LogP contribution in [0.2, 0.25) is 5.02 Å². The highest BCUT2D eigenvalue weighted by atomic mass is 35.5. The maximum absolute atomic E-state index is 8.89. The maximum atomic E-state index is 8.89. The Bertz CT molecular complexity index is 408. The van der Waals surface area contributed by atoms with E-state index in [0.29, 0.717) is 0 Å². The third kappa shape index (κ3) is 1.33. The van der Waals surface area contributed by atoms with Gasteiger partial charge in [-0.1, -0.05) is 11.6 Å². The Balaban J connectivity index is 2.67. The molecule has 1 heterocycles. The molecule has 0 amide bonds. The second kappa shape index (κ2) is 3.05. The van der Waals surface area contributed by atoms with Crippen LogP contribution >= 0.6 is 22.9 Å². The van der Waals surface area contributed by atoms with Crippen molar-refractivity contribution in [3.63, 3.8) is 0 Å². The minimum atomic E-state index is 0.108. The molecule has 0 spiro atoms. The zero-order chi connectivity index (χ0) is 8.55. The molecule has 0 unspecified atom stereocenters. The number of hydrogen-bond acceptors (Lipinski definition) is 2. The first kappa shape index (κ1) is 8.05. The van der Waals surface area contributed by atoms with Gasteiger partial charge in [-0.3, -0.25) is 0 Å². The van der Waals surface area contributed by atoms with Gasteiger partial charge in [0, 0.05) is 14.6 Å². The SMILES string of the molecule is OCc1cc2cc(Cl)ccc2s1. The lowest BCUT2D eigenvalue weighted by molar-refractivity contribution is 0.285. The molecule has 2 rings (SSSR count). The molecule has 0 aliphatic carbocycles. The number of rotatable bonds is 1. The lowest BCUT2D eigenvalue weighted by atomic mass is 10.2. The zero-order valence-electron chi connectivity index (χ0n) is 6.25. The fraction of sp³-hybridized carbons (Fsp3) is 0.111. The highest BCUT2D eigenvalue weighted by Gasteiger charge is 2.00. The molecule has 1 aromatic carbocycles. The summed E-state index contributed by atoms with van der Waals surface area (Å²) in [4.78, 5) is 0.979.